The van der Waals surface area contributed by atoms with Gasteiger partial charge in [-0.2, -0.15) is 0 Å². The van der Waals surface area contributed by atoms with Gasteiger partial charge < -0.3 is 9.80 Å². The van der Waals surface area contributed by atoms with Gasteiger partial charge in [-0.3, -0.25) is 9.59 Å². The molecule has 1 saturated heterocycles. The van der Waals surface area contributed by atoms with E-state index >= 15 is 0 Å². The number of thiophene rings is 1. The van der Waals surface area contributed by atoms with Crippen LogP contribution in [0.15, 0.2) is 47.5 Å². The number of amides is 2. The van der Waals surface area contributed by atoms with Crippen LogP contribution >= 0.6 is 11.3 Å². The third-order valence-electron chi connectivity index (χ3n) is 4.91. The Labute approximate surface area is 157 Å². The molecular weight excluding hydrogens is 346 g/mol. The van der Waals surface area contributed by atoms with E-state index in [-0.39, 0.29) is 11.8 Å². The number of aryl methyl sites for hydroxylation is 1. The molecule has 2 aromatic rings. The van der Waals surface area contributed by atoms with Gasteiger partial charge in [-0.15, -0.1) is 11.3 Å². The number of anilines is 1. The Balaban J connectivity index is 1.79. The van der Waals surface area contributed by atoms with Crippen molar-refractivity contribution in [3.8, 4) is 0 Å². The van der Waals surface area contributed by atoms with Crippen molar-refractivity contribution in [2.45, 2.75) is 6.92 Å². The highest BCUT2D eigenvalue weighted by Crippen LogP contribution is 2.36. The first-order valence-corrected chi connectivity index (χ1v) is 9.61. The zero-order valence-corrected chi connectivity index (χ0v) is 15.8. The molecule has 3 heterocycles. The second-order valence-electron chi connectivity index (χ2n) is 6.78. The Bertz CT molecular complexity index is 880. The lowest BCUT2D eigenvalue weighted by Gasteiger charge is -2.34. The molecule has 1 aromatic carbocycles. The quantitative estimate of drug-likeness (QED) is 0.782. The molecule has 0 atom stereocenters. The number of carbonyl (C=O) groups excluding carboxylic acids is 2. The number of hydrogen-bond acceptors (Lipinski definition) is 5. The summed E-state index contributed by atoms with van der Waals surface area (Å²) in [6, 6.07) is 11.4. The lowest BCUT2D eigenvalue weighted by molar-refractivity contribution is -0.120. The van der Waals surface area contributed by atoms with E-state index in [1.54, 1.807) is 0 Å². The largest absolute Gasteiger partial charge is 0.364 e. The topological polar surface area (TPSA) is 43.9 Å². The molecule has 26 heavy (non-hydrogen) atoms. The summed E-state index contributed by atoms with van der Waals surface area (Å²) >= 11 is 1.50. The zero-order chi connectivity index (χ0) is 18.3. The lowest BCUT2D eigenvalue weighted by atomic mass is 10.1. The van der Waals surface area contributed by atoms with Crippen LogP contribution in [0.2, 0.25) is 0 Å². The van der Waals surface area contributed by atoms with Crippen molar-refractivity contribution in [2.75, 3.05) is 38.1 Å². The van der Waals surface area contributed by atoms with Crippen LogP contribution in [0.1, 0.15) is 10.4 Å². The van der Waals surface area contributed by atoms with Crippen molar-refractivity contribution in [1.29, 1.82) is 0 Å². The Morgan fingerprint density at radius 3 is 2.38 bits per heavy atom. The Morgan fingerprint density at radius 2 is 1.73 bits per heavy atom. The van der Waals surface area contributed by atoms with Crippen LogP contribution < -0.4 is 4.90 Å². The van der Waals surface area contributed by atoms with E-state index in [1.165, 1.54) is 16.2 Å². The van der Waals surface area contributed by atoms with Gasteiger partial charge in [0, 0.05) is 31.1 Å². The summed E-state index contributed by atoms with van der Waals surface area (Å²) in [7, 11) is 2.08. The van der Waals surface area contributed by atoms with E-state index in [2.05, 4.69) is 16.8 Å². The number of nitrogens with zero attached hydrogens (tertiary/aromatic N) is 3. The van der Waals surface area contributed by atoms with Crippen LogP contribution in [0.4, 0.5) is 5.69 Å². The average Bonchev–Trinajstić information content (AvgIpc) is 3.22. The first-order valence-electron chi connectivity index (χ1n) is 8.73. The molecule has 0 aliphatic carbocycles. The lowest BCUT2D eigenvalue weighted by Crippen LogP contribution is -2.46. The van der Waals surface area contributed by atoms with Crippen molar-refractivity contribution in [2.24, 2.45) is 0 Å². The fourth-order valence-corrected chi connectivity index (χ4v) is 4.25. The van der Waals surface area contributed by atoms with E-state index in [4.69, 9.17) is 0 Å². The zero-order valence-electron chi connectivity index (χ0n) is 14.9. The number of likely N-dealkylation sites (N-methyl/N-ethyl adjacent to an activating group) is 1. The summed E-state index contributed by atoms with van der Waals surface area (Å²) in [4.78, 5) is 33.1. The average molecular weight is 367 g/mol. The van der Waals surface area contributed by atoms with E-state index < -0.39 is 0 Å². The third kappa shape index (κ3) is 2.85. The normalized spacial score (nSPS) is 19.0. The van der Waals surface area contributed by atoms with Crippen LogP contribution in [0, 0.1) is 6.92 Å². The SMILES string of the molecule is Cc1cccc(N2C(=O)C(c3cccs3)=C(N3CCN(C)CC3)C2=O)c1. The highest BCUT2D eigenvalue weighted by molar-refractivity contribution is 7.11. The van der Waals surface area contributed by atoms with Crippen LogP contribution in [0.5, 0.6) is 0 Å². The summed E-state index contributed by atoms with van der Waals surface area (Å²) in [5, 5.41) is 1.94. The standard InChI is InChI=1S/C20H21N3O2S/c1-14-5-3-6-15(13-14)23-19(24)17(16-7-4-12-26-16)18(20(23)25)22-10-8-21(2)9-11-22/h3-7,12-13H,8-11H2,1-2H3. The number of benzene rings is 1. The number of imide groups is 1. The van der Waals surface area contributed by atoms with Crippen molar-refractivity contribution in [1.82, 2.24) is 9.80 Å². The van der Waals surface area contributed by atoms with Crippen molar-refractivity contribution in [3.63, 3.8) is 0 Å². The van der Waals surface area contributed by atoms with Gasteiger partial charge in [0.1, 0.15) is 5.70 Å². The van der Waals surface area contributed by atoms with E-state index in [0.717, 1.165) is 36.6 Å². The predicted molar refractivity (Wildman–Crippen MR) is 104 cm³/mol. The van der Waals surface area contributed by atoms with Gasteiger partial charge in [-0.25, -0.2) is 4.90 Å². The molecule has 2 aliphatic heterocycles. The maximum absolute atomic E-state index is 13.3. The van der Waals surface area contributed by atoms with Gasteiger partial charge >= 0.3 is 0 Å². The Kier molecular flexibility index (Phi) is 4.38. The molecule has 0 N–H and O–H groups in total. The van der Waals surface area contributed by atoms with Gasteiger partial charge in [0.25, 0.3) is 11.8 Å². The molecule has 4 rings (SSSR count). The maximum atomic E-state index is 13.3. The second-order valence-corrected chi connectivity index (χ2v) is 7.72. The monoisotopic (exact) mass is 367 g/mol. The fourth-order valence-electron chi connectivity index (χ4n) is 3.49. The van der Waals surface area contributed by atoms with Crippen molar-refractivity contribution < 1.29 is 9.59 Å². The highest BCUT2D eigenvalue weighted by atomic mass is 32.1. The molecule has 2 aliphatic rings. The van der Waals surface area contributed by atoms with Crippen LogP contribution in [0.3, 0.4) is 0 Å². The van der Waals surface area contributed by atoms with Gasteiger partial charge in [0.2, 0.25) is 0 Å². The highest BCUT2D eigenvalue weighted by Gasteiger charge is 2.43. The summed E-state index contributed by atoms with van der Waals surface area (Å²) in [6.45, 7) is 5.23. The van der Waals surface area contributed by atoms with Crippen LogP contribution in [-0.2, 0) is 9.59 Å². The molecule has 0 radical (unpaired) electrons. The Hall–Kier alpha value is -2.44. The first-order chi connectivity index (χ1) is 12.6. The smallest absolute Gasteiger partial charge is 0.282 e. The van der Waals surface area contributed by atoms with Gasteiger partial charge in [-0.05, 0) is 43.1 Å². The van der Waals surface area contributed by atoms with E-state index in [0.29, 0.717) is 17.0 Å². The molecule has 0 bridgehead atoms. The van der Waals surface area contributed by atoms with Crippen molar-refractivity contribution >= 4 is 34.4 Å². The molecule has 0 spiro atoms. The van der Waals surface area contributed by atoms with Crippen LogP contribution in [-0.4, -0.2) is 54.8 Å². The Morgan fingerprint density at radius 1 is 0.962 bits per heavy atom. The summed E-state index contributed by atoms with van der Waals surface area (Å²) in [5.74, 6) is -0.439. The molecule has 0 saturated carbocycles. The van der Waals surface area contributed by atoms with Gasteiger partial charge in [0.05, 0.1) is 11.3 Å². The van der Waals surface area contributed by atoms with E-state index in [1.807, 2.05) is 48.7 Å². The van der Waals surface area contributed by atoms with Crippen molar-refractivity contribution in [3.05, 3.63) is 57.9 Å². The van der Waals surface area contributed by atoms with Crippen LogP contribution in [0.25, 0.3) is 5.57 Å². The minimum Gasteiger partial charge on any atom is -0.364 e. The minimum absolute atomic E-state index is 0.214. The molecule has 1 fully saturated rings. The summed E-state index contributed by atoms with van der Waals surface area (Å²) < 4.78 is 0. The summed E-state index contributed by atoms with van der Waals surface area (Å²) in [5.41, 5.74) is 2.75. The number of piperazine rings is 1. The first kappa shape index (κ1) is 17.0. The number of carbonyl (C=O) groups is 2. The maximum Gasteiger partial charge on any atom is 0.282 e. The van der Waals surface area contributed by atoms with Gasteiger partial charge in [0.15, 0.2) is 0 Å². The van der Waals surface area contributed by atoms with E-state index in [9.17, 15) is 9.59 Å². The molecule has 5 nitrogen and oxygen atoms in total. The molecule has 0 unspecified atom stereocenters. The predicted octanol–water partition coefficient (Wildman–Crippen LogP) is 2.59. The molecule has 2 amide bonds. The fraction of sp³-hybridized carbons (Fsp3) is 0.300. The molecule has 1 aromatic heterocycles. The minimum atomic E-state index is -0.225. The molecule has 6 heteroatoms. The third-order valence-corrected chi connectivity index (χ3v) is 5.79. The number of rotatable bonds is 3. The van der Waals surface area contributed by atoms with Gasteiger partial charge in [-0.1, -0.05) is 18.2 Å². The molecular formula is C20H21N3O2S. The number of hydrogen-bond donors (Lipinski definition) is 0. The molecule has 134 valence electrons. The summed E-state index contributed by atoms with van der Waals surface area (Å²) in [6.07, 6.45) is 0. The second kappa shape index (κ2) is 6.70.